The van der Waals surface area contributed by atoms with Crippen LogP contribution in [0.1, 0.15) is 40.5 Å². The molecule has 4 heteroatoms. The van der Waals surface area contributed by atoms with Gasteiger partial charge in [0.1, 0.15) is 5.60 Å². The summed E-state index contributed by atoms with van der Waals surface area (Å²) in [5, 5.41) is 0. The minimum atomic E-state index is -0.401. The lowest BCUT2D eigenvalue weighted by Gasteiger charge is -2.40. The molecule has 0 aromatic carbocycles. The van der Waals surface area contributed by atoms with E-state index in [9.17, 15) is 4.79 Å². The molecule has 1 fully saturated rings. The summed E-state index contributed by atoms with van der Waals surface area (Å²) in [7, 11) is 0. The van der Waals surface area contributed by atoms with Crippen LogP contribution in [0.25, 0.3) is 0 Å². The molecule has 0 spiro atoms. The molecule has 0 aliphatic carbocycles. The van der Waals surface area contributed by atoms with Crippen molar-refractivity contribution in [2.24, 2.45) is 11.7 Å². The molecule has 1 aliphatic rings. The number of quaternary nitrogens is 1. The van der Waals surface area contributed by atoms with E-state index in [1.807, 2.05) is 20.8 Å². The number of likely N-dealkylation sites (tertiary alicyclic amines) is 1. The fourth-order valence-corrected chi connectivity index (χ4v) is 2.34. The van der Waals surface area contributed by atoms with Crippen molar-refractivity contribution in [3.05, 3.63) is 0 Å². The highest BCUT2D eigenvalue weighted by molar-refractivity contribution is 5.60. The zero-order valence-corrected chi connectivity index (χ0v) is 11.7. The molecule has 0 radical (unpaired) electrons. The van der Waals surface area contributed by atoms with Crippen LogP contribution in [0.3, 0.4) is 0 Å². The molecule has 1 saturated heterocycles. The molecule has 2 N–H and O–H groups in total. The van der Waals surface area contributed by atoms with E-state index in [1.165, 1.54) is 0 Å². The maximum absolute atomic E-state index is 12.3. The van der Waals surface area contributed by atoms with Gasteiger partial charge in [-0.25, -0.2) is 4.48 Å². The molecule has 4 nitrogen and oxygen atoms in total. The first-order valence-electron chi connectivity index (χ1n) is 6.62. The molecule has 100 valence electrons. The molecule has 1 amide bonds. The highest BCUT2D eigenvalue weighted by Crippen LogP contribution is 2.25. The van der Waals surface area contributed by atoms with Crippen LogP contribution >= 0.6 is 0 Å². The first-order chi connectivity index (χ1) is 7.83. The zero-order chi connectivity index (χ0) is 13.1. The van der Waals surface area contributed by atoms with Crippen molar-refractivity contribution >= 4 is 6.09 Å². The van der Waals surface area contributed by atoms with Gasteiger partial charge in [0.25, 0.3) is 0 Å². The Balaban J connectivity index is 2.67. The summed E-state index contributed by atoms with van der Waals surface area (Å²) < 4.78 is 6.01. The van der Waals surface area contributed by atoms with Crippen LogP contribution in [0.4, 0.5) is 4.79 Å². The van der Waals surface area contributed by atoms with Gasteiger partial charge in [-0.2, -0.15) is 4.79 Å². The Labute approximate surface area is 105 Å². The van der Waals surface area contributed by atoms with Gasteiger partial charge in [-0.15, -0.1) is 0 Å². The lowest BCUT2D eigenvalue weighted by Crippen LogP contribution is -2.58. The fourth-order valence-electron chi connectivity index (χ4n) is 2.34. The van der Waals surface area contributed by atoms with Gasteiger partial charge in [0, 0.05) is 12.8 Å². The predicted molar refractivity (Wildman–Crippen MR) is 68.5 cm³/mol. The first-order valence-corrected chi connectivity index (χ1v) is 6.62. The SMILES string of the molecule is CC[N+]1(C(=O)OC(C)(C)C)CCC(CN)CC1. The number of rotatable bonds is 2. The highest BCUT2D eigenvalue weighted by Gasteiger charge is 2.42. The van der Waals surface area contributed by atoms with E-state index in [4.69, 9.17) is 10.5 Å². The number of carbonyl (C=O) groups excluding carboxylic acids is 1. The topological polar surface area (TPSA) is 52.3 Å². The number of carbonyl (C=O) groups is 1. The van der Waals surface area contributed by atoms with E-state index >= 15 is 0 Å². The normalized spacial score (nSPS) is 30.1. The molecule has 0 unspecified atom stereocenters. The molecule has 17 heavy (non-hydrogen) atoms. The molecule has 1 aliphatic heterocycles. The zero-order valence-electron chi connectivity index (χ0n) is 11.7. The molecule has 0 atom stereocenters. The Morgan fingerprint density at radius 3 is 2.24 bits per heavy atom. The number of hydrogen-bond donors (Lipinski definition) is 1. The van der Waals surface area contributed by atoms with Gasteiger partial charge in [-0.1, -0.05) is 0 Å². The first kappa shape index (κ1) is 14.5. The maximum atomic E-state index is 12.3. The van der Waals surface area contributed by atoms with Crippen LogP contribution in [-0.4, -0.2) is 42.4 Å². The van der Waals surface area contributed by atoms with E-state index in [-0.39, 0.29) is 6.09 Å². The second kappa shape index (κ2) is 5.36. The van der Waals surface area contributed by atoms with Crippen molar-refractivity contribution in [1.29, 1.82) is 0 Å². The quantitative estimate of drug-likeness (QED) is 0.756. The minimum absolute atomic E-state index is 0.0736. The molecular formula is C13H27N2O2+. The third kappa shape index (κ3) is 3.68. The van der Waals surface area contributed by atoms with Crippen LogP contribution in [0, 0.1) is 5.92 Å². The Morgan fingerprint density at radius 2 is 1.88 bits per heavy atom. The number of nitrogens with zero attached hydrogens (tertiary/aromatic N) is 1. The molecule has 1 heterocycles. The lowest BCUT2D eigenvalue weighted by molar-refractivity contribution is -0.863. The molecule has 0 saturated carbocycles. The second-order valence-electron chi connectivity index (χ2n) is 6.07. The molecule has 0 aromatic heterocycles. The van der Waals surface area contributed by atoms with Crippen molar-refractivity contribution in [1.82, 2.24) is 0 Å². The summed E-state index contributed by atoms with van der Waals surface area (Å²) in [5.41, 5.74) is 5.29. The van der Waals surface area contributed by atoms with E-state index in [0.717, 1.165) is 39.0 Å². The number of nitrogens with two attached hydrogens (primary N) is 1. The lowest BCUT2D eigenvalue weighted by atomic mass is 9.95. The van der Waals surface area contributed by atoms with Gasteiger partial charge >= 0.3 is 6.09 Å². The van der Waals surface area contributed by atoms with E-state index in [0.29, 0.717) is 10.4 Å². The van der Waals surface area contributed by atoms with Crippen molar-refractivity contribution < 1.29 is 14.0 Å². The van der Waals surface area contributed by atoms with Crippen LogP contribution < -0.4 is 5.73 Å². The Morgan fingerprint density at radius 1 is 1.35 bits per heavy atom. The third-order valence-electron chi connectivity index (χ3n) is 3.65. The van der Waals surface area contributed by atoms with Crippen molar-refractivity contribution in [3.8, 4) is 0 Å². The van der Waals surface area contributed by atoms with Gasteiger partial charge in [-0.05, 0) is 40.2 Å². The van der Waals surface area contributed by atoms with Crippen LogP contribution in [-0.2, 0) is 4.74 Å². The van der Waals surface area contributed by atoms with Gasteiger partial charge in [0.15, 0.2) is 0 Å². The maximum Gasteiger partial charge on any atom is 0.516 e. The monoisotopic (exact) mass is 243 g/mol. The smallest absolute Gasteiger partial charge is 0.414 e. The minimum Gasteiger partial charge on any atom is -0.414 e. The average molecular weight is 243 g/mol. The van der Waals surface area contributed by atoms with Crippen molar-refractivity contribution in [3.63, 3.8) is 0 Å². The third-order valence-corrected chi connectivity index (χ3v) is 3.65. The standard InChI is InChI=1S/C13H27N2O2/c1-5-15(12(16)17-13(2,3)4)8-6-11(10-14)7-9-15/h11H,5-10,14H2,1-4H3/q+1. The molecule has 0 bridgehead atoms. The fraction of sp³-hybridized carbons (Fsp3) is 0.923. The van der Waals surface area contributed by atoms with E-state index in [1.54, 1.807) is 0 Å². The summed E-state index contributed by atoms with van der Waals surface area (Å²) in [6.45, 7) is 11.1. The Bertz CT molecular complexity index is 263. The predicted octanol–water partition coefficient (Wildman–Crippen LogP) is 2.13. The van der Waals surface area contributed by atoms with E-state index < -0.39 is 5.60 Å². The van der Waals surface area contributed by atoms with Crippen LogP contribution in [0.2, 0.25) is 0 Å². The summed E-state index contributed by atoms with van der Waals surface area (Å²) in [6.07, 6.45) is 1.99. The number of ether oxygens (including phenoxy) is 1. The number of piperidine rings is 1. The number of amides is 1. The summed E-state index contributed by atoms with van der Waals surface area (Å²) in [6, 6.07) is 0. The average Bonchev–Trinajstić information content (AvgIpc) is 2.27. The second-order valence-corrected chi connectivity index (χ2v) is 6.07. The van der Waals surface area contributed by atoms with Crippen LogP contribution in [0.15, 0.2) is 0 Å². The summed E-state index contributed by atoms with van der Waals surface area (Å²) >= 11 is 0. The summed E-state index contributed by atoms with van der Waals surface area (Å²) in [5.74, 6) is 0.579. The largest absolute Gasteiger partial charge is 0.516 e. The van der Waals surface area contributed by atoms with Crippen LogP contribution in [0.5, 0.6) is 0 Å². The van der Waals surface area contributed by atoms with E-state index in [2.05, 4.69) is 6.92 Å². The van der Waals surface area contributed by atoms with Gasteiger partial charge in [-0.3, -0.25) is 0 Å². The summed E-state index contributed by atoms with van der Waals surface area (Å²) in [4.78, 5) is 12.3. The molecular weight excluding hydrogens is 216 g/mol. The Kier molecular flexibility index (Phi) is 4.55. The molecule has 0 aromatic rings. The van der Waals surface area contributed by atoms with Gasteiger partial charge < -0.3 is 10.5 Å². The Hall–Kier alpha value is -0.610. The highest BCUT2D eigenvalue weighted by atomic mass is 16.6. The molecule has 1 rings (SSSR count). The van der Waals surface area contributed by atoms with Crippen molar-refractivity contribution in [2.75, 3.05) is 26.2 Å². The van der Waals surface area contributed by atoms with Crippen molar-refractivity contribution in [2.45, 2.75) is 46.1 Å². The number of hydrogen-bond acceptors (Lipinski definition) is 3. The van der Waals surface area contributed by atoms with Gasteiger partial charge in [0.2, 0.25) is 0 Å². The van der Waals surface area contributed by atoms with Gasteiger partial charge in [0.05, 0.1) is 19.6 Å².